The summed E-state index contributed by atoms with van der Waals surface area (Å²) in [6.45, 7) is 10.5. The van der Waals surface area contributed by atoms with Gasteiger partial charge in [0.15, 0.2) is 0 Å². The van der Waals surface area contributed by atoms with Gasteiger partial charge in [0.1, 0.15) is 4.91 Å². The van der Waals surface area contributed by atoms with E-state index < -0.39 is 16.8 Å². The number of hydrogen-bond donors (Lipinski definition) is 0. The molecule has 4 heteroatoms. The van der Waals surface area contributed by atoms with Gasteiger partial charge in [-0.3, -0.25) is 0 Å². The van der Waals surface area contributed by atoms with Gasteiger partial charge in [-0.15, -0.1) is 0 Å². The van der Waals surface area contributed by atoms with E-state index in [0.717, 1.165) is 18.4 Å². The Morgan fingerprint density at radius 1 is 1.16 bits per heavy atom. The van der Waals surface area contributed by atoms with Crippen molar-refractivity contribution in [3.63, 3.8) is 0 Å². The van der Waals surface area contributed by atoms with Crippen LogP contribution in [0.3, 0.4) is 0 Å². The van der Waals surface area contributed by atoms with Crippen molar-refractivity contribution in [2.75, 3.05) is 7.11 Å². The summed E-state index contributed by atoms with van der Waals surface area (Å²) in [6.07, 6.45) is 6.67. The summed E-state index contributed by atoms with van der Waals surface area (Å²) in [4.78, 5) is 13.0. The van der Waals surface area contributed by atoms with E-state index in [1.807, 2.05) is 19.1 Å². The second-order valence-electron chi connectivity index (χ2n) is 7.33. The highest BCUT2D eigenvalue weighted by molar-refractivity contribution is 7.90. The van der Waals surface area contributed by atoms with E-state index in [4.69, 9.17) is 4.74 Å². The molecule has 25 heavy (non-hydrogen) atoms. The quantitative estimate of drug-likeness (QED) is 0.357. The molecule has 0 saturated heterocycles. The molecule has 0 aromatic heterocycles. The van der Waals surface area contributed by atoms with Gasteiger partial charge in [-0.05, 0) is 57.6 Å². The molecule has 0 bridgehead atoms. The van der Waals surface area contributed by atoms with Crippen molar-refractivity contribution < 1.29 is 13.7 Å². The number of allylic oxidation sites excluding steroid dienone is 3. The summed E-state index contributed by atoms with van der Waals surface area (Å²) >= 11 is 0. The number of aryl methyl sites for hydroxylation is 1. The summed E-state index contributed by atoms with van der Waals surface area (Å²) in [6, 6.07) is 7.38. The lowest BCUT2D eigenvalue weighted by Crippen LogP contribution is -2.14. The Bertz CT molecular complexity index is 663. The fourth-order valence-corrected chi connectivity index (χ4v) is 3.45. The molecule has 0 spiro atoms. The molecule has 0 saturated carbocycles. The topological polar surface area (TPSA) is 43.4 Å². The molecular weight excluding hydrogens is 332 g/mol. The Balaban J connectivity index is 2.96. The van der Waals surface area contributed by atoms with Crippen molar-refractivity contribution in [2.45, 2.75) is 58.8 Å². The fourth-order valence-electron chi connectivity index (χ4n) is 2.35. The molecule has 0 N–H and O–H groups in total. The van der Waals surface area contributed by atoms with E-state index >= 15 is 0 Å². The number of rotatable bonds is 8. The SMILES string of the molecule is COC(=O)/C(=C\CC(C)(C)CCC=C(C)C)[S@@](=O)c1ccc(C)cc1. The van der Waals surface area contributed by atoms with E-state index in [1.54, 1.807) is 18.2 Å². The number of benzene rings is 1. The van der Waals surface area contributed by atoms with Crippen molar-refractivity contribution in [1.82, 2.24) is 0 Å². The standard InChI is InChI=1S/C21H30O3S/c1-16(2)8-7-14-21(4,5)15-13-19(20(22)24-6)25(23)18-11-9-17(3)10-12-18/h8-13H,7,14-15H2,1-6H3/b19-13+/t25-/m0/s1. The largest absolute Gasteiger partial charge is 0.465 e. The third-order valence-electron chi connectivity index (χ3n) is 4.04. The molecule has 3 nitrogen and oxygen atoms in total. The molecule has 138 valence electrons. The third kappa shape index (κ3) is 7.39. The number of carbonyl (C=O) groups is 1. The summed E-state index contributed by atoms with van der Waals surface area (Å²) in [5.41, 5.74) is 2.41. The van der Waals surface area contributed by atoms with Gasteiger partial charge in [-0.2, -0.15) is 0 Å². The Hall–Kier alpha value is -1.68. The van der Waals surface area contributed by atoms with Crippen molar-refractivity contribution in [1.29, 1.82) is 0 Å². The molecule has 1 aromatic rings. The maximum atomic E-state index is 12.8. The number of esters is 1. The molecule has 0 aliphatic rings. The molecule has 0 amide bonds. The zero-order chi connectivity index (χ0) is 19.0. The van der Waals surface area contributed by atoms with E-state index in [-0.39, 0.29) is 10.3 Å². The predicted octanol–water partition coefficient (Wildman–Crippen LogP) is 5.32. The Kier molecular flexibility index (Phi) is 8.30. The Labute approximate surface area is 154 Å². The third-order valence-corrected chi connectivity index (χ3v) is 5.47. The Morgan fingerprint density at radius 3 is 2.28 bits per heavy atom. The minimum absolute atomic E-state index is 0.0166. The van der Waals surface area contributed by atoms with Crippen molar-refractivity contribution >= 4 is 16.8 Å². The summed E-state index contributed by atoms with van der Waals surface area (Å²) in [7, 11) is -0.211. The minimum Gasteiger partial charge on any atom is -0.465 e. The van der Waals surface area contributed by atoms with Crippen LogP contribution >= 0.6 is 0 Å². The van der Waals surface area contributed by atoms with Crippen LogP contribution in [0.1, 0.15) is 52.5 Å². The van der Waals surface area contributed by atoms with Crippen molar-refractivity contribution in [2.24, 2.45) is 5.41 Å². The first-order chi connectivity index (χ1) is 11.7. The monoisotopic (exact) mass is 362 g/mol. The molecule has 0 fully saturated rings. The molecular formula is C21H30O3S. The smallest absolute Gasteiger partial charge is 0.346 e. The van der Waals surface area contributed by atoms with Crippen LogP contribution in [-0.4, -0.2) is 17.3 Å². The fraction of sp³-hybridized carbons (Fsp3) is 0.476. The van der Waals surface area contributed by atoms with Gasteiger partial charge >= 0.3 is 5.97 Å². The lowest BCUT2D eigenvalue weighted by molar-refractivity contribution is -0.135. The zero-order valence-electron chi connectivity index (χ0n) is 16.2. The zero-order valence-corrected chi connectivity index (χ0v) is 17.0. The molecule has 1 rings (SSSR count). The minimum atomic E-state index is -1.53. The van der Waals surface area contributed by atoms with E-state index in [2.05, 4.69) is 33.8 Å². The van der Waals surface area contributed by atoms with Crippen LogP contribution < -0.4 is 0 Å². The Morgan fingerprint density at radius 2 is 1.76 bits per heavy atom. The second-order valence-corrected chi connectivity index (χ2v) is 8.78. The van der Waals surface area contributed by atoms with Gasteiger partial charge in [-0.25, -0.2) is 9.00 Å². The van der Waals surface area contributed by atoms with Crippen LogP contribution in [-0.2, 0) is 20.3 Å². The van der Waals surface area contributed by atoms with Crippen LogP contribution in [0.2, 0.25) is 0 Å². The summed E-state index contributed by atoms with van der Waals surface area (Å²) in [5.74, 6) is -0.529. The molecule has 1 aromatic carbocycles. The summed E-state index contributed by atoms with van der Waals surface area (Å²) < 4.78 is 17.7. The van der Waals surface area contributed by atoms with Crippen LogP contribution in [0.15, 0.2) is 51.8 Å². The van der Waals surface area contributed by atoms with Gasteiger partial charge in [0, 0.05) is 4.90 Å². The lowest BCUT2D eigenvalue weighted by atomic mass is 9.84. The first kappa shape index (κ1) is 21.4. The highest BCUT2D eigenvalue weighted by Crippen LogP contribution is 2.29. The van der Waals surface area contributed by atoms with Gasteiger partial charge < -0.3 is 4.74 Å². The van der Waals surface area contributed by atoms with Crippen LogP contribution in [0.5, 0.6) is 0 Å². The second kappa shape index (κ2) is 9.71. The number of hydrogen-bond acceptors (Lipinski definition) is 3. The predicted molar refractivity (Wildman–Crippen MR) is 105 cm³/mol. The molecule has 1 atom stereocenters. The van der Waals surface area contributed by atoms with E-state index in [9.17, 15) is 9.00 Å². The van der Waals surface area contributed by atoms with Crippen molar-refractivity contribution in [3.8, 4) is 0 Å². The number of ether oxygens (including phenoxy) is 1. The normalized spacial score (nSPS) is 13.3. The van der Waals surface area contributed by atoms with E-state index in [1.165, 1.54) is 12.7 Å². The number of carbonyl (C=O) groups excluding carboxylic acids is 1. The van der Waals surface area contributed by atoms with Gasteiger partial charge in [0.05, 0.1) is 17.9 Å². The van der Waals surface area contributed by atoms with E-state index in [0.29, 0.717) is 11.3 Å². The van der Waals surface area contributed by atoms with Crippen LogP contribution in [0, 0.1) is 12.3 Å². The first-order valence-corrected chi connectivity index (χ1v) is 9.71. The molecule has 0 aliphatic carbocycles. The maximum absolute atomic E-state index is 12.8. The maximum Gasteiger partial charge on any atom is 0.346 e. The van der Waals surface area contributed by atoms with Crippen molar-refractivity contribution in [3.05, 3.63) is 52.5 Å². The molecule has 0 aliphatic heterocycles. The highest BCUT2D eigenvalue weighted by atomic mass is 32.2. The first-order valence-electron chi connectivity index (χ1n) is 8.56. The average molecular weight is 363 g/mol. The molecule has 0 radical (unpaired) electrons. The average Bonchev–Trinajstić information content (AvgIpc) is 2.54. The van der Waals surface area contributed by atoms with Gasteiger partial charge in [-0.1, -0.05) is 49.3 Å². The lowest BCUT2D eigenvalue weighted by Gasteiger charge is -2.22. The van der Waals surface area contributed by atoms with Gasteiger partial charge in [0.25, 0.3) is 0 Å². The van der Waals surface area contributed by atoms with Crippen LogP contribution in [0.25, 0.3) is 0 Å². The molecule has 0 unspecified atom stereocenters. The highest BCUT2D eigenvalue weighted by Gasteiger charge is 2.22. The molecule has 0 heterocycles. The summed E-state index contributed by atoms with van der Waals surface area (Å²) in [5, 5.41) is 0. The van der Waals surface area contributed by atoms with Crippen LogP contribution in [0.4, 0.5) is 0 Å². The van der Waals surface area contributed by atoms with Gasteiger partial charge in [0.2, 0.25) is 0 Å². The number of methoxy groups -OCH3 is 1.